The zero-order chi connectivity index (χ0) is 10.1. The van der Waals surface area contributed by atoms with Gasteiger partial charge in [0.05, 0.1) is 6.26 Å². The van der Waals surface area contributed by atoms with E-state index in [0.29, 0.717) is 17.8 Å². The van der Waals surface area contributed by atoms with Gasteiger partial charge >= 0.3 is 0 Å². The highest BCUT2D eigenvalue weighted by Gasteiger charge is 2.44. The first-order valence-corrected chi connectivity index (χ1v) is 5.11. The molecule has 0 aromatic rings. The van der Waals surface area contributed by atoms with Crippen LogP contribution in [0.5, 0.6) is 0 Å². The van der Waals surface area contributed by atoms with E-state index in [1.54, 1.807) is 13.4 Å². The van der Waals surface area contributed by atoms with Crippen molar-refractivity contribution in [2.24, 2.45) is 17.8 Å². The fraction of sp³-hybridized carbons (Fsp3) is 0.727. The number of aldehydes is 1. The van der Waals surface area contributed by atoms with Crippen molar-refractivity contribution < 1.29 is 14.3 Å². The third-order valence-electron chi connectivity index (χ3n) is 3.50. The summed E-state index contributed by atoms with van der Waals surface area (Å²) in [7, 11) is 1.66. The molecule has 0 saturated heterocycles. The minimum atomic E-state index is -0.166. The number of carbonyl (C=O) groups excluding carboxylic acids is 1. The third kappa shape index (κ3) is 1.36. The van der Waals surface area contributed by atoms with Gasteiger partial charge < -0.3 is 9.47 Å². The van der Waals surface area contributed by atoms with Gasteiger partial charge in [-0.25, -0.2) is 0 Å². The molecule has 2 rings (SSSR count). The maximum atomic E-state index is 10.8. The van der Waals surface area contributed by atoms with Gasteiger partial charge in [-0.3, -0.25) is 4.79 Å². The Balaban J connectivity index is 2.25. The van der Waals surface area contributed by atoms with E-state index in [2.05, 4.69) is 6.92 Å². The molecule has 0 aromatic carbocycles. The number of ether oxygens (including phenoxy) is 2. The van der Waals surface area contributed by atoms with Crippen molar-refractivity contribution in [1.82, 2.24) is 0 Å². The van der Waals surface area contributed by atoms with Gasteiger partial charge in [-0.1, -0.05) is 6.92 Å². The van der Waals surface area contributed by atoms with Crippen molar-refractivity contribution in [3.8, 4) is 0 Å². The molecule has 1 heterocycles. The van der Waals surface area contributed by atoms with Crippen LogP contribution in [0.3, 0.4) is 0 Å². The molecule has 1 saturated carbocycles. The van der Waals surface area contributed by atoms with Crippen molar-refractivity contribution in [2.75, 3.05) is 7.11 Å². The van der Waals surface area contributed by atoms with Crippen molar-refractivity contribution in [3.05, 3.63) is 11.8 Å². The van der Waals surface area contributed by atoms with Crippen LogP contribution in [0.1, 0.15) is 19.8 Å². The molecule has 0 spiro atoms. The van der Waals surface area contributed by atoms with E-state index in [4.69, 9.17) is 9.47 Å². The molecule has 0 radical (unpaired) electrons. The first-order valence-electron chi connectivity index (χ1n) is 5.11. The second-order valence-electron chi connectivity index (χ2n) is 4.21. The quantitative estimate of drug-likeness (QED) is 0.631. The predicted molar refractivity (Wildman–Crippen MR) is 51.4 cm³/mol. The molecule has 1 aliphatic heterocycles. The van der Waals surface area contributed by atoms with Crippen molar-refractivity contribution in [1.29, 1.82) is 0 Å². The van der Waals surface area contributed by atoms with Crippen molar-refractivity contribution in [2.45, 2.75) is 26.1 Å². The molecule has 2 aliphatic rings. The summed E-state index contributed by atoms with van der Waals surface area (Å²) in [5.41, 5.74) is 0.799. The predicted octanol–water partition coefficient (Wildman–Crippen LogP) is 1.73. The fourth-order valence-corrected chi connectivity index (χ4v) is 2.72. The van der Waals surface area contributed by atoms with E-state index >= 15 is 0 Å². The normalized spacial score (nSPS) is 41.1. The van der Waals surface area contributed by atoms with Crippen molar-refractivity contribution in [3.63, 3.8) is 0 Å². The topological polar surface area (TPSA) is 35.5 Å². The molecule has 1 fully saturated rings. The Morgan fingerprint density at radius 2 is 2.36 bits per heavy atom. The van der Waals surface area contributed by atoms with Gasteiger partial charge in [0.1, 0.15) is 6.29 Å². The van der Waals surface area contributed by atoms with Gasteiger partial charge in [-0.2, -0.15) is 0 Å². The van der Waals surface area contributed by atoms with Gasteiger partial charge in [-0.15, -0.1) is 0 Å². The Morgan fingerprint density at radius 3 is 3.00 bits per heavy atom. The van der Waals surface area contributed by atoms with Crippen LogP contribution in [0.4, 0.5) is 0 Å². The number of fused-ring (bicyclic) bond motifs is 1. The van der Waals surface area contributed by atoms with Crippen LogP contribution in [0.15, 0.2) is 11.8 Å². The molecule has 4 atom stereocenters. The highest BCUT2D eigenvalue weighted by Crippen LogP contribution is 2.45. The number of carbonyl (C=O) groups is 1. The Hall–Kier alpha value is -0.830. The number of hydrogen-bond donors (Lipinski definition) is 0. The average molecular weight is 196 g/mol. The molecule has 14 heavy (non-hydrogen) atoms. The van der Waals surface area contributed by atoms with Crippen LogP contribution in [0, 0.1) is 17.8 Å². The van der Waals surface area contributed by atoms with E-state index in [9.17, 15) is 4.79 Å². The lowest BCUT2D eigenvalue weighted by Crippen LogP contribution is -2.35. The van der Waals surface area contributed by atoms with Gasteiger partial charge in [0.25, 0.3) is 0 Å². The maximum Gasteiger partial charge on any atom is 0.202 e. The van der Waals surface area contributed by atoms with Crippen LogP contribution in [0.25, 0.3) is 0 Å². The van der Waals surface area contributed by atoms with Crippen LogP contribution >= 0.6 is 0 Å². The molecule has 0 aromatic heterocycles. The average Bonchev–Trinajstić information content (AvgIpc) is 2.60. The fourth-order valence-electron chi connectivity index (χ4n) is 2.72. The molecule has 1 aliphatic carbocycles. The van der Waals surface area contributed by atoms with Gasteiger partial charge in [0.15, 0.2) is 0 Å². The summed E-state index contributed by atoms with van der Waals surface area (Å²) in [4.78, 5) is 10.8. The standard InChI is InChI=1S/C11H16O3/c1-7-3-4-9-8(5-12)6-14-11(13-2)10(7)9/h5-7,9-11H,3-4H2,1-2H3/t7-,9?,10?,11-/m1/s1. The molecule has 78 valence electrons. The van der Waals surface area contributed by atoms with Crippen LogP contribution in [-0.2, 0) is 14.3 Å². The van der Waals surface area contributed by atoms with E-state index in [0.717, 1.165) is 24.7 Å². The van der Waals surface area contributed by atoms with E-state index in [1.807, 2.05) is 0 Å². The summed E-state index contributed by atoms with van der Waals surface area (Å²) in [5.74, 6) is 1.28. The van der Waals surface area contributed by atoms with E-state index in [-0.39, 0.29) is 6.29 Å². The number of methoxy groups -OCH3 is 1. The minimum absolute atomic E-state index is 0.166. The summed E-state index contributed by atoms with van der Waals surface area (Å²) < 4.78 is 10.7. The minimum Gasteiger partial charge on any atom is -0.472 e. The SMILES string of the molecule is CO[C@@H]1OC=C(C=O)C2CC[C@@H](C)C21. The Morgan fingerprint density at radius 1 is 1.57 bits per heavy atom. The maximum absolute atomic E-state index is 10.8. The molecule has 0 amide bonds. The lowest BCUT2D eigenvalue weighted by molar-refractivity contribution is -0.146. The van der Waals surface area contributed by atoms with Crippen molar-refractivity contribution >= 4 is 6.29 Å². The van der Waals surface area contributed by atoms with E-state index in [1.165, 1.54) is 0 Å². The summed E-state index contributed by atoms with van der Waals surface area (Å²) >= 11 is 0. The Kier molecular flexibility index (Phi) is 2.59. The summed E-state index contributed by atoms with van der Waals surface area (Å²) in [6, 6.07) is 0. The first-order chi connectivity index (χ1) is 6.77. The van der Waals surface area contributed by atoms with Crippen LogP contribution in [0.2, 0.25) is 0 Å². The molecular weight excluding hydrogens is 180 g/mol. The van der Waals surface area contributed by atoms with Gasteiger partial charge in [0, 0.05) is 18.6 Å². The smallest absolute Gasteiger partial charge is 0.202 e. The molecule has 3 heteroatoms. The summed E-state index contributed by atoms with van der Waals surface area (Å²) in [5, 5.41) is 0. The zero-order valence-electron chi connectivity index (χ0n) is 8.60. The molecule has 0 N–H and O–H groups in total. The molecule has 2 unspecified atom stereocenters. The highest BCUT2D eigenvalue weighted by molar-refractivity contribution is 5.74. The molecule has 3 nitrogen and oxygen atoms in total. The summed E-state index contributed by atoms with van der Waals surface area (Å²) in [6.45, 7) is 2.20. The third-order valence-corrected chi connectivity index (χ3v) is 3.50. The number of rotatable bonds is 2. The molecular formula is C11H16O3. The highest BCUT2D eigenvalue weighted by atomic mass is 16.7. The monoisotopic (exact) mass is 196 g/mol. The van der Waals surface area contributed by atoms with Gasteiger partial charge in [-0.05, 0) is 24.7 Å². The zero-order valence-corrected chi connectivity index (χ0v) is 8.60. The first kappa shape index (κ1) is 9.71. The number of allylic oxidation sites excluding steroid dienone is 1. The Labute approximate surface area is 84.1 Å². The largest absolute Gasteiger partial charge is 0.472 e. The van der Waals surface area contributed by atoms with Gasteiger partial charge in [0.2, 0.25) is 6.29 Å². The molecule has 0 bridgehead atoms. The van der Waals surface area contributed by atoms with Crippen LogP contribution < -0.4 is 0 Å². The summed E-state index contributed by atoms with van der Waals surface area (Å²) in [6.07, 6.45) is 4.56. The Bertz CT molecular complexity index is 259. The lowest BCUT2D eigenvalue weighted by Gasteiger charge is -2.33. The number of hydrogen-bond acceptors (Lipinski definition) is 3. The second-order valence-corrected chi connectivity index (χ2v) is 4.21. The second kappa shape index (κ2) is 3.73. The van der Waals surface area contributed by atoms with Crippen LogP contribution in [-0.4, -0.2) is 19.7 Å². The van der Waals surface area contributed by atoms with E-state index < -0.39 is 0 Å². The lowest BCUT2D eigenvalue weighted by atomic mass is 9.84.